The van der Waals surface area contributed by atoms with E-state index in [9.17, 15) is 4.79 Å². The number of carbonyl (C=O) groups excluding carboxylic acids is 1. The Kier molecular flexibility index (Phi) is 3.68. The predicted molar refractivity (Wildman–Crippen MR) is 86.8 cm³/mol. The molecule has 1 aromatic heterocycles. The van der Waals surface area contributed by atoms with Crippen molar-refractivity contribution in [3.8, 4) is 0 Å². The zero-order valence-corrected chi connectivity index (χ0v) is 13.4. The first-order valence-corrected chi connectivity index (χ1v) is 8.48. The third-order valence-electron chi connectivity index (χ3n) is 5.54. The molecular weight excluding hydrogens is 288 g/mol. The quantitative estimate of drug-likeness (QED) is 0.862. The summed E-state index contributed by atoms with van der Waals surface area (Å²) in [5.74, 6) is 2.13. The van der Waals surface area contributed by atoms with Crippen molar-refractivity contribution in [1.82, 2.24) is 10.1 Å². The van der Waals surface area contributed by atoms with Gasteiger partial charge in [-0.2, -0.15) is 0 Å². The van der Waals surface area contributed by atoms with Crippen molar-refractivity contribution >= 4 is 5.91 Å². The van der Waals surface area contributed by atoms with Gasteiger partial charge in [0.1, 0.15) is 11.3 Å². The standard InChI is InChI=1S/C19H22N2O2/c1-13-17(11-20-23-13)19(22)21(12-14-5-3-2-4-6-14)18-10-15-7-8-16(18)9-15/h2-6,11,15-16,18H,7-10,12H2,1H3. The van der Waals surface area contributed by atoms with E-state index < -0.39 is 0 Å². The summed E-state index contributed by atoms with van der Waals surface area (Å²) < 4.78 is 5.11. The molecule has 3 unspecified atom stereocenters. The molecular formula is C19H22N2O2. The van der Waals surface area contributed by atoms with Gasteiger partial charge in [-0.1, -0.05) is 41.9 Å². The average molecular weight is 310 g/mol. The lowest BCUT2D eigenvalue weighted by Gasteiger charge is -2.34. The highest BCUT2D eigenvalue weighted by Gasteiger charge is 2.44. The molecule has 1 amide bonds. The number of benzene rings is 1. The molecule has 2 aliphatic carbocycles. The Balaban J connectivity index is 1.63. The highest BCUT2D eigenvalue weighted by Crippen LogP contribution is 2.47. The third kappa shape index (κ3) is 2.67. The molecule has 120 valence electrons. The van der Waals surface area contributed by atoms with Crippen LogP contribution in [0.15, 0.2) is 41.1 Å². The normalized spacial score (nSPS) is 25.7. The number of amides is 1. The number of aryl methyl sites for hydroxylation is 1. The predicted octanol–water partition coefficient (Wildman–Crippen LogP) is 3.81. The van der Waals surface area contributed by atoms with Crippen molar-refractivity contribution in [1.29, 1.82) is 0 Å². The Morgan fingerprint density at radius 3 is 2.70 bits per heavy atom. The lowest BCUT2D eigenvalue weighted by atomic mass is 9.93. The fraction of sp³-hybridized carbons (Fsp3) is 0.474. The number of aromatic nitrogens is 1. The molecule has 4 nitrogen and oxygen atoms in total. The Labute approximate surface area is 136 Å². The van der Waals surface area contributed by atoms with Crippen LogP contribution in [0.1, 0.15) is 47.4 Å². The molecule has 2 saturated carbocycles. The number of hydrogen-bond donors (Lipinski definition) is 0. The second-order valence-corrected chi connectivity index (χ2v) is 6.96. The lowest BCUT2D eigenvalue weighted by molar-refractivity contribution is 0.0587. The number of nitrogens with zero attached hydrogens (tertiary/aromatic N) is 2. The fourth-order valence-electron chi connectivity index (χ4n) is 4.37. The second kappa shape index (κ2) is 5.84. The summed E-state index contributed by atoms with van der Waals surface area (Å²) in [7, 11) is 0. The average Bonchev–Trinajstić information content (AvgIpc) is 3.29. The highest BCUT2D eigenvalue weighted by molar-refractivity contribution is 5.95. The van der Waals surface area contributed by atoms with Crippen LogP contribution in [0.2, 0.25) is 0 Å². The van der Waals surface area contributed by atoms with E-state index in [0.29, 0.717) is 29.8 Å². The van der Waals surface area contributed by atoms with Gasteiger partial charge in [-0.3, -0.25) is 4.79 Å². The first-order valence-electron chi connectivity index (χ1n) is 8.48. The summed E-state index contributed by atoms with van der Waals surface area (Å²) >= 11 is 0. The minimum Gasteiger partial charge on any atom is -0.361 e. The zero-order valence-electron chi connectivity index (χ0n) is 13.4. The monoisotopic (exact) mass is 310 g/mol. The first-order chi connectivity index (χ1) is 11.2. The molecule has 0 saturated heterocycles. The van der Waals surface area contributed by atoms with Gasteiger partial charge >= 0.3 is 0 Å². The smallest absolute Gasteiger partial charge is 0.259 e. The molecule has 4 rings (SSSR count). The van der Waals surface area contributed by atoms with Gasteiger partial charge in [0.05, 0.1) is 6.20 Å². The Morgan fingerprint density at radius 1 is 1.26 bits per heavy atom. The molecule has 23 heavy (non-hydrogen) atoms. The van der Waals surface area contributed by atoms with Crippen LogP contribution in [-0.4, -0.2) is 22.0 Å². The topological polar surface area (TPSA) is 46.3 Å². The Bertz CT molecular complexity index is 694. The molecule has 4 heteroatoms. The van der Waals surface area contributed by atoms with Crippen molar-refractivity contribution in [3.05, 3.63) is 53.4 Å². The van der Waals surface area contributed by atoms with Gasteiger partial charge in [0.2, 0.25) is 0 Å². The number of rotatable bonds is 4. The van der Waals surface area contributed by atoms with E-state index in [0.717, 1.165) is 12.3 Å². The second-order valence-electron chi connectivity index (χ2n) is 6.96. The van der Waals surface area contributed by atoms with Crippen LogP contribution in [0.25, 0.3) is 0 Å². The lowest BCUT2D eigenvalue weighted by Crippen LogP contribution is -2.42. The van der Waals surface area contributed by atoms with Gasteiger partial charge in [-0.25, -0.2) is 0 Å². The van der Waals surface area contributed by atoms with Crippen molar-refractivity contribution in [2.45, 2.75) is 45.2 Å². The Hall–Kier alpha value is -2.10. The minimum atomic E-state index is 0.0603. The maximum absolute atomic E-state index is 13.1. The minimum absolute atomic E-state index is 0.0603. The molecule has 2 bridgehead atoms. The largest absolute Gasteiger partial charge is 0.361 e. The van der Waals surface area contributed by atoms with E-state index in [-0.39, 0.29) is 5.91 Å². The molecule has 0 N–H and O–H groups in total. The van der Waals surface area contributed by atoms with E-state index in [1.165, 1.54) is 24.8 Å². The Morgan fingerprint density at radius 2 is 2.09 bits per heavy atom. The van der Waals surface area contributed by atoms with E-state index in [1.807, 2.05) is 25.1 Å². The molecule has 2 aliphatic rings. The number of carbonyl (C=O) groups is 1. The summed E-state index contributed by atoms with van der Waals surface area (Å²) in [6, 6.07) is 10.6. The summed E-state index contributed by atoms with van der Waals surface area (Å²) in [4.78, 5) is 15.2. The SMILES string of the molecule is Cc1oncc1C(=O)N(Cc1ccccc1)C1CC2CCC1C2. The van der Waals surface area contributed by atoms with Crippen LogP contribution in [0, 0.1) is 18.8 Å². The number of fused-ring (bicyclic) bond motifs is 2. The van der Waals surface area contributed by atoms with Gasteiger partial charge in [0, 0.05) is 12.6 Å². The summed E-state index contributed by atoms with van der Waals surface area (Å²) in [5, 5.41) is 3.78. The molecule has 2 aromatic rings. The van der Waals surface area contributed by atoms with E-state index >= 15 is 0 Å². The molecule has 3 atom stereocenters. The van der Waals surface area contributed by atoms with Crippen LogP contribution in [0.5, 0.6) is 0 Å². The van der Waals surface area contributed by atoms with Crippen LogP contribution in [-0.2, 0) is 6.54 Å². The van der Waals surface area contributed by atoms with Crippen molar-refractivity contribution in [2.24, 2.45) is 11.8 Å². The van der Waals surface area contributed by atoms with E-state index in [2.05, 4.69) is 22.2 Å². The van der Waals surface area contributed by atoms with Gasteiger partial charge in [0.15, 0.2) is 0 Å². The third-order valence-corrected chi connectivity index (χ3v) is 5.54. The molecule has 0 aliphatic heterocycles. The summed E-state index contributed by atoms with van der Waals surface area (Å²) in [6.07, 6.45) is 6.58. The molecule has 0 radical (unpaired) electrons. The zero-order chi connectivity index (χ0) is 15.8. The fourth-order valence-corrected chi connectivity index (χ4v) is 4.37. The van der Waals surface area contributed by atoms with Gasteiger partial charge in [0.25, 0.3) is 5.91 Å². The van der Waals surface area contributed by atoms with Crippen LogP contribution in [0.4, 0.5) is 0 Å². The highest BCUT2D eigenvalue weighted by atomic mass is 16.5. The molecule has 1 heterocycles. The van der Waals surface area contributed by atoms with Crippen molar-refractivity contribution in [3.63, 3.8) is 0 Å². The summed E-state index contributed by atoms with van der Waals surface area (Å²) in [6.45, 7) is 2.47. The summed E-state index contributed by atoms with van der Waals surface area (Å²) in [5.41, 5.74) is 1.78. The molecule has 0 spiro atoms. The molecule has 2 fully saturated rings. The van der Waals surface area contributed by atoms with Crippen molar-refractivity contribution < 1.29 is 9.32 Å². The van der Waals surface area contributed by atoms with Gasteiger partial charge in [-0.05, 0) is 43.6 Å². The molecule has 1 aromatic carbocycles. The van der Waals surface area contributed by atoms with E-state index in [1.54, 1.807) is 6.20 Å². The maximum atomic E-state index is 13.1. The van der Waals surface area contributed by atoms with Crippen LogP contribution < -0.4 is 0 Å². The van der Waals surface area contributed by atoms with E-state index in [4.69, 9.17) is 4.52 Å². The van der Waals surface area contributed by atoms with Crippen LogP contribution in [0.3, 0.4) is 0 Å². The van der Waals surface area contributed by atoms with Crippen LogP contribution >= 0.6 is 0 Å². The van der Waals surface area contributed by atoms with Gasteiger partial charge in [-0.15, -0.1) is 0 Å². The van der Waals surface area contributed by atoms with Gasteiger partial charge < -0.3 is 9.42 Å². The first kappa shape index (κ1) is 14.5. The maximum Gasteiger partial charge on any atom is 0.259 e. The van der Waals surface area contributed by atoms with Crippen molar-refractivity contribution in [2.75, 3.05) is 0 Å². The number of hydrogen-bond acceptors (Lipinski definition) is 3.